The Morgan fingerprint density at radius 1 is 1.47 bits per heavy atom. The molecule has 0 spiro atoms. The van der Waals surface area contributed by atoms with Gasteiger partial charge in [0.15, 0.2) is 0 Å². The third-order valence-electron chi connectivity index (χ3n) is 2.54. The van der Waals surface area contributed by atoms with E-state index < -0.39 is 10.0 Å². The smallest absolute Gasteiger partial charge is 0.274 e. The molecule has 0 unspecified atom stereocenters. The maximum atomic E-state index is 12.0. The second kappa shape index (κ2) is 4.36. The Morgan fingerprint density at radius 3 is 2.71 bits per heavy atom. The van der Waals surface area contributed by atoms with E-state index in [4.69, 9.17) is 0 Å². The van der Waals surface area contributed by atoms with Crippen LogP contribution in [-0.4, -0.2) is 48.8 Å². The number of carbonyl (C=O) groups excluding carboxylic acids is 1. The molecule has 0 aliphatic carbocycles. The normalized spacial score (nSPS) is 16.2. The highest BCUT2D eigenvalue weighted by atomic mass is 32.2. The Morgan fingerprint density at radius 2 is 2.12 bits per heavy atom. The molecule has 2 heterocycles. The summed E-state index contributed by atoms with van der Waals surface area (Å²) < 4.78 is 24.5. The van der Waals surface area contributed by atoms with Gasteiger partial charge in [0.2, 0.25) is 10.0 Å². The maximum Gasteiger partial charge on any atom is 0.274 e. The van der Waals surface area contributed by atoms with Crippen LogP contribution in [0, 0.1) is 0 Å². The quantitative estimate of drug-likeness (QED) is 0.798. The van der Waals surface area contributed by atoms with E-state index in [1.165, 1.54) is 6.20 Å². The fraction of sp³-hybridized carbons (Fsp3) is 0.556. The van der Waals surface area contributed by atoms with Crippen molar-refractivity contribution in [1.82, 2.24) is 15.1 Å². The molecule has 1 aromatic heterocycles. The molecule has 0 radical (unpaired) electrons. The van der Waals surface area contributed by atoms with E-state index >= 15 is 0 Å². The number of nitrogens with one attached hydrogen (secondary N) is 2. The molecule has 2 rings (SSSR count). The number of sulfonamides is 1. The predicted molar refractivity (Wildman–Crippen MR) is 62.2 cm³/mol. The Balaban J connectivity index is 2.21. The second-order valence-electron chi connectivity index (χ2n) is 4.03. The van der Waals surface area contributed by atoms with Crippen LogP contribution < -0.4 is 4.72 Å². The van der Waals surface area contributed by atoms with Crippen LogP contribution in [0.3, 0.4) is 0 Å². The highest BCUT2D eigenvalue weighted by Gasteiger charge is 2.24. The molecule has 0 bridgehead atoms. The SMILES string of the molecule is CS(=O)(=O)Nc1cn[nH]c1C(=O)N1CCCC1. The average Bonchev–Trinajstić information content (AvgIpc) is 2.83. The number of amides is 1. The minimum absolute atomic E-state index is 0.192. The molecule has 1 fully saturated rings. The van der Waals surface area contributed by atoms with Crippen molar-refractivity contribution in [2.75, 3.05) is 24.1 Å². The summed E-state index contributed by atoms with van der Waals surface area (Å²) >= 11 is 0. The molecule has 0 aromatic carbocycles. The largest absolute Gasteiger partial charge is 0.337 e. The van der Waals surface area contributed by atoms with E-state index in [-0.39, 0.29) is 17.3 Å². The summed E-state index contributed by atoms with van der Waals surface area (Å²) in [4.78, 5) is 13.7. The molecule has 1 amide bonds. The number of H-pyrrole nitrogens is 1. The molecule has 1 saturated heterocycles. The van der Waals surface area contributed by atoms with Crippen LogP contribution >= 0.6 is 0 Å². The Hall–Kier alpha value is -1.57. The lowest BCUT2D eigenvalue weighted by atomic mass is 10.3. The van der Waals surface area contributed by atoms with Gasteiger partial charge in [0.05, 0.1) is 18.1 Å². The summed E-state index contributed by atoms with van der Waals surface area (Å²) in [6, 6.07) is 0. The van der Waals surface area contributed by atoms with Crippen LogP contribution in [0.15, 0.2) is 6.20 Å². The Bertz CT molecular complexity index is 516. The van der Waals surface area contributed by atoms with Gasteiger partial charge in [0.25, 0.3) is 5.91 Å². The minimum Gasteiger partial charge on any atom is -0.337 e. The van der Waals surface area contributed by atoms with Crippen LogP contribution in [0.2, 0.25) is 0 Å². The van der Waals surface area contributed by atoms with Gasteiger partial charge in [0.1, 0.15) is 5.69 Å². The first-order valence-corrected chi connectivity index (χ1v) is 7.17. The highest BCUT2D eigenvalue weighted by Crippen LogP contribution is 2.18. The topological polar surface area (TPSA) is 95.2 Å². The summed E-state index contributed by atoms with van der Waals surface area (Å²) in [5.74, 6) is -0.217. The lowest BCUT2D eigenvalue weighted by Crippen LogP contribution is -2.29. The third kappa shape index (κ3) is 2.76. The third-order valence-corrected chi connectivity index (χ3v) is 3.13. The zero-order valence-corrected chi connectivity index (χ0v) is 10.2. The van der Waals surface area contributed by atoms with Gasteiger partial charge in [-0.1, -0.05) is 0 Å². The van der Waals surface area contributed by atoms with Crippen molar-refractivity contribution in [1.29, 1.82) is 0 Å². The first-order valence-electron chi connectivity index (χ1n) is 5.28. The van der Waals surface area contributed by atoms with Crippen LogP contribution in [0.5, 0.6) is 0 Å². The van der Waals surface area contributed by atoms with Crippen LogP contribution in [0.25, 0.3) is 0 Å². The van der Waals surface area contributed by atoms with Gasteiger partial charge in [-0.25, -0.2) is 8.42 Å². The van der Waals surface area contributed by atoms with E-state index in [2.05, 4.69) is 14.9 Å². The standard InChI is InChI=1S/C9H14N4O3S/c1-17(15,16)12-7-6-10-11-8(7)9(14)13-4-2-3-5-13/h6,12H,2-5H2,1H3,(H,10,11). The number of carbonyl (C=O) groups is 1. The van der Waals surface area contributed by atoms with Gasteiger partial charge >= 0.3 is 0 Å². The number of nitrogens with zero attached hydrogens (tertiary/aromatic N) is 2. The number of aromatic nitrogens is 2. The number of aromatic amines is 1. The number of anilines is 1. The number of hydrogen-bond donors (Lipinski definition) is 2. The number of rotatable bonds is 3. The van der Waals surface area contributed by atoms with Gasteiger partial charge in [-0.05, 0) is 12.8 Å². The van der Waals surface area contributed by atoms with Crippen molar-refractivity contribution in [2.45, 2.75) is 12.8 Å². The van der Waals surface area contributed by atoms with Crippen molar-refractivity contribution in [2.24, 2.45) is 0 Å². The molecular formula is C9H14N4O3S. The predicted octanol–water partition coefficient (Wildman–Crippen LogP) is 0.0172. The summed E-state index contributed by atoms with van der Waals surface area (Å²) in [5.41, 5.74) is 0.390. The summed E-state index contributed by atoms with van der Waals surface area (Å²) in [7, 11) is -3.41. The van der Waals surface area contributed by atoms with Crippen molar-refractivity contribution in [3.63, 3.8) is 0 Å². The van der Waals surface area contributed by atoms with Crippen molar-refractivity contribution < 1.29 is 13.2 Å². The minimum atomic E-state index is -3.41. The molecule has 0 saturated carbocycles. The number of hydrogen-bond acceptors (Lipinski definition) is 4. The fourth-order valence-corrected chi connectivity index (χ4v) is 2.36. The zero-order chi connectivity index (χ0) is 12.5. The van der Waals surface area contributed by atoms with E-state index in [0.29, 0.717) is 13.1 Å². The summed E-state index contributed by atoms with van der Waals surface area (Å²) in [6.07, 6.45) is 4.29. The monoisotopic (exact) mass is 258 g/mol. The molecule has 94 valence electrons. The molecule has 1 aromatic rings. The first-order chi connectivity index (χ1) is 7.97. The van der Waals surface area contributed by atoms with Crippen LogP contribution in [0.1, 0.15) is 23.3 Å². The van der Waals surface area contributed by atoms with Gasteiger partial charge in [-0.3, -0.25) is 14.6 Å². The molecule has 1 aliphatic heterocycles. The molecule has 1 aliphatic rings. The van der Waals surface area contributed by atoms with Crippen molar-refractivity contribution in [3.05, 3.63) is 11.9 Å². The van der Waals surface area contributed by atoms with E-state index in [1.54, 1.807) is 4.90 Å². The molecule has 17 heavy (non-hydrogen) atoms. The molecule has 7 nitrogen and oxygen atoms in total. The van der Waals surface area contributed by atoms with E-state index in [0.717, 1.165) is 19.1 Å². The average molecular weight is 258 g/mol. The molecule has 8 heteroatoms. The van der Waals surface area contributed by atoms with Crippen molar-refractivity contribution in [3.8, 4) is 0 Å². The fourth-order valence-electron chi connectivity index (χ4n) is 1.80. The molecule has 0 atom stereocenters. The molecule has 2 N–H and O–H groups in total. The summed E-state index contributed by atoms with van der Waals surface area (Å²) in [6.45, 7) is 1.41. The van der Waals surface area contributed by atoms with E-state index in [9.17, 15) is 13.2 Å². The Kier molecular flexibility index (Phi) is 3.05. The van der Waals surface area contributed by atoms with Gasteiger partial charge in [-0.15, -0.1) is 0 Å². The Labute approximate surface area is 99.2 Å². The number of likely N-dealkylation sites (tertiary alicyclic amines) is 1. The maximum absolute atomic E-state index is 12.0. The van der Waals surface area contributed by atoms with E-state index in [1.807, 2.05) is 0 Å². The highest BCUT2D eigenvalue weighted by molar-refractivity contribution is 7.92. The van der Waals surface area contributed by atoms with Gasteiger partial charge in [-0.2, -0.15) is 5.10 Å². The van der Waals surface area contributed by atoms with Crippen molar-refractivity contribution >= 4 is 21.6 Å². The van der Waals surface area contributed by atoms with Crippen LogP contribution in [0.4, 0.5) is 5.69 Å². The lowest BCUT2D eigenvalue weighted by Gasteiger charge is -2.14. The van der Waals surface area contributed by atoms with Gasteiger partial charge < -0.3 is 4.90 Å². The van der Waals surface area contributed by atoms with Gasteiger partial charge in [0, 0.05) is 13.1 Å². The summed E-state index contributed by atoms with van der Waals surface area (Å²) in [5, 5.41) is 6.24. The second-order valence-corrected chi connectivity index (χ2v) is 5.78. The zero-order valence-electron chi connectivity index (χ0n) is 9.43. The van der Waals surface area contributed by atoms with Crippen LogP contribution in [-0.2, 0) is 10.0 Å². The first kappa shape index (κ1) is 11.9. The molecular weight excluding hydrogens is 244 g/mol. The lowest BCUT2D eigenvalue weighted by molar-refractivity contribution is 0.0788.